The topological polar surface area (TPSA) is 109 Å². The third-order valence-corrected chi connectivity index (χ3v) is 6.06. The van der Waals surface area contributed by atoms with Crippen LogP contribution in [0, 0.1) is 11.3 Å². The lowest BCUT2D eigenvalue weighted by Gasteiger charge is -2.26. The highest BCUT2D eigenvalue weighted by molar-refractivity contribution is 7.86. The van der Waals surface area contributed by atoms with Crippen LogP contribution in [-0.2, 0) is 23.2 Å². The summed E-state index contributed by atoms with van der Waals surface area (Å²) in [5.41, 5.74) is 4.74. The number of hydrogen-bond donors (Lipinski definition) is 1. The Morgan fingerprint density at radius 2 is 2.04 bits per heavy atom. The first-order chi connectivity index (χ1) is 13.4. The molecule has 1 aliphatic heterocycles. The maximum Gasteiger partial charge on any atom is 0.277 e. The van der Waals surface area contributed by atoms with Crippen molar-refractivity contribution >= 4 is 21.1 Å². The van der Waals surface area contributed by atoms with E-state index < -0.39 is 10.2 Å². The summed E-state index contributed by atoms with van der Waals surface area (Å²) in [4.78, 5) is 4.36. The minimum atomic E-state index is -3.75. The van der Waals surface area contributed by atoms with Gasteiger partial charge in [0.25, 0.3) is 10.2 Å². The van der Waals surface area contributed by atoms with Gasteiger partial charge in [0.15, 0.2) is 0 Å². The first kappa shape index (κ1) is 18.4. The fraction of sp³-hybridized carbons (Fsp3) is 0.200. The van der Waals surface area contributed by atoms with E-state index >= 15 is 0 Å². The molecule has 0 bridgehead atoms. The second-order valence-electron chi connectivity index (χ2n) is 6.65. The summed E-state index contributed by atoms with van der Waals surface area (Å²) >= 11 is 0. The van der Waals surface area contributed by atoms with Crippen LogP contribution in [0.1, 0.15) is 16.7 Å². The summed E-state index contributed by atoms with van der Waals surface area (Å²) in [6.07, 6.45) is 2.16. The zero-order chi connectivity index (χ0) is 19.9. The first-order valence-electron chi connectivity index (χ1n) is 8.67. The molecule has 0 fully saturated rings. The lowest BCUT2D eigenvalue weighted by molar-refractivity contribution is 0.392. The van der Waals surface area contributed by atoms with Gasteiger partial charge in [0.2, 0.25) is 0 Å². The van der Waals surface area contributed by atoms with Crippen molar-refractivity contribution < 1.29 is 13.2 Å². The van der Waals surface area contributed by atoms with Crippen molar-refractivity contribution in [3.63, 3.8) is 0 Å². The Hall–Kier alpha value is -2.99. The van der Waals surface area contributed by atoms with Gasteiger partial charge in [-0.05, 0) is 47.4 Å². The number of aromatic nitrogens is 1. The third-order valence-electron chi connectivity index (χ3n) is 5.03. The molecule has 4 rings (SSSR count). The van der Waals surface area contributed by atoms with Crippen molar-refractivity contribution in [1.29, 1.82) is 5.26 Å². The second kappa shape index (κ2) is 6.87. The van der Waals surface area contributed by atoms with Crippen LogP contribution in [0.2, 0.25) is 0 Å². The Balaban J connectivity index is 1.90. The average Bonchev–Trinajstić information content (AvgIpc) is 2.70. The molecule has 2 heterocycles. The molecule has 0 spiro atoms. The molecule has 7 nitrogen and oxygen atoms in total. The molecule has 0 saturated heterocycles. The molecule has 2 N–H and O–H groups in total. The highest BCUT2D eigenvalue weighted by Gasteiger charge is 2.24. The number of nitrogens with two attached hydrogens (primary N) is 1. The van der Waals surface area contributed by atoms with Crippen molar-refractivity contribution in [1.82, 2.24) is 9.29 Å². The number of nitriles is 1. The molecule has 1 aromatic heterocycles. The number of ether oxygens (including phenoxy) is 1. The molecule has 28 heavy (non-hydrogen) atoms. The summed E-state index contributed by atoms with van der Waals surface area (Å²) in [5.74, 6) is 0.670. The third kappa shape index (κ3) is 3.20. The standard InChI is InChI=1S/C20H18N4O3S/c1-27-17-4-5-19-18(9-17)20(16(10-21)11-23-19)14-3-2-13-6-7-24(28(22,25)26)12-15(13)8-14/h2-5,8-9,11H,6-7,12H2,1H3,(H2,22,25,26). The van der Waals surface area contributed by atoms with Crippen molar-refractivity contribution in [2.75, 3.05) is 13.7 Å². The van der Waals surface area contributed by atoms with E-state index in [0.29, 0.717) is 24.3 Å². The van der Waals surface area contributed by atoms with E-state index in [4.69, 9.17) is 9.88 Å². The normalized spacial score (nSPS) is 14.5. The molecule has 2 aromatic carbocycles. The monoisotopic (exact) mass is 394 g/mol. The maximum atomic E-state index is 11.7. The van der Waals surface area contributed by atoms with Crippen LogP contribution in [0.25, 0.3) is 22.0 Å². The number of fused-ring (bicyclic) bond motifs is 2. The number of rotatable bonds is 3. The molecule has 8 heteroatoms. The zero-order valence-corrected chi connectivity index (χ0v) is 16.0. The molecule has 3 aromatic rings. The molecule has 0 radical (unpaired) electrons. The van der Waals surface area contributed by atoms with E-state index in [1.807, 2.05) is 36.4 Å². The molecule has 1 aliphatic rings. The van der Waals surface area contributed by atoms with E-state index in [9.17, 15) is 13.7 Å². The lowest BCUT2D eigenvalue weighted by atomic mass is 9.92. The molecule has 142 valence electrons. The molecule has 0 atom stereocenters. The predicted molar refractivity (Wildman–Crippen MR) is 106 cm³/mol. The fourth-order valence-electron chi connectivity index (χ4n) is 3.60. The van der Waals surface area contributed by atoms with Crippen LogP contribution >= 0.6 is 0 Å². The van der Waals surface area contributed by atoms with Gasteiger partial charge in [-0.2, -0.15) is 18.0 Å². The lowest BCUT2D eigenvalue weighted by Crippen LogP contribution is -2.40. The molecule has 0 saturated carbocycles. The number of benzene rings is 2. The Labute approximate surface area is 163 Å². The minimum Gasteiger partial charge on any atom is -0.497 e. The van der Waals surface area contributed by atoms with Crippen LogP contribution in [0.5, 0.6) is 5.75 Å². The maximum absolute atomic E-state index is 11.7. The largest absolute Gasteiger partial charge is 0.497 e. The quantitative estimate of drug-likeness (QED) is 0.733. The van der Waals surface area contributed by atoms with Gasteiger partial charge in [-0.1, -0.05) is 12.1 Å². The molecule has 0 aliphatic carbocycles. The number of pyridine rings is 1. The van der Waals surface area contributed by atoms with Gasteiger partial charge in [-0.3, -0.25) is 4.98 Å². The van der Waals surface area contributed by atoms with Gasteiger partial charge in [-0.25, -0.2) is 5.14 Å². The number of nitrogens with zero attached hydrogens (tertiary/aromatic N) is 3. The van der Waals surface area contributed by atoms with Crippen molar-refractivity contribution in [2.45, 2.75) is 13.0 Å². The van der Waals surface area contributed by atoms with Crippen LogP contribution in [0.3, 0.4) is 0 Å². The Kier molecular flexibility index (Phi) is 4.51. The smallest absolute Gasteiger partial charge is 0.277 e. The summed E-state index contributed by atoms with van der Waals surface area (Å²) < 4.78 is 30.1. The number of methoxy groups -OCH3 is 1. The van der Waals surface area contributed by atoms with E-state index in [0.717, 1.165) is 33.2 Å². The first-order valence-corrected chi connectivity index (χ1v) is 10.2. The van der Waals surface area contributed by atoms with Gasteiger partial charge in [0, 0.05) is 30.2 Å². The van der Waals surface area contributed by atoms with Gasteiger partial charge >= 0.3 is 0 Å². The van der Waals surface area contributed by atoms with E-state index in [-0.39, 0.29) is 6.54 Å². The number of hydrogen-bond acceptors (Lipinski definition) is 5. The average molecular weight is 394 g/mol. The van der Waals surface area contributed by atoms with E-state index in [1.54, 1.807) is 13.3 Å². The summed E-state index contributed by atoms with van der Waals surface area (Å²) in [5, 5.41) is 15.7. The Morgan fingerprint density at radius 1 is 1.21 bits per heavy atom. The summed E-state index contributed by atoms with van der Waals surface area (Å²) in [6, 6.07) is 13.6. The van der Waals surface area contributed by atoms with E-state index in [2.05, 4.69) is 11.1 Å². The Morgan fingerprint density at radius 3 is 2.75 bits per heavy atom. The van der Waals surface area contributed by atoms with Crippen LogP contribution in [-0.4, -0.2) is 31.4 Å². The van der Waals surface area contributed by atoms with Crippen molar-refractivity contribution in [2.24, 2.45) is 5.14 Å². The van der Waals surface area contributed by atoms with Crippen molar-refractivity contribution in [3.8, 4) is 22.9 Å². The van der Waals surface area contributed by atoms with Gasteiger partial charge in [0.1, 0.15) is 11.8 Å². The highest BCUT2D eigenvalue weighted by Crippen LogP contribution is 2.35. The van der Waals surface area contributed by atoms with Crippen LogP contribution in [0.15, 0.2) is 42.6 Å². The van der Waals surface area contributed by atoms with Gasteiger partial charge < -0.3 is 4.74 Å². The minimum absolute atomic E-state index is 0.218. The molecule has 0 unspecified atom stereocenters. The summed E-state index contributed by atoms with van der Waals surface area (Å²) in [7, 11) is -2.16. The summed E-state index contributed by atoms with van der Waals surface area (Å²) in [6.45, 7) is 0.584. The van der Waals surface area contributed by atoms with E-state index in [1.165, 1.54) is 4.31 Å². The predicted octanol–water partition coefficient (Wildman–Crippen LogP) is 2.34. The van der Waals surface area contributed by atoms with Gasteiger partial charge in [-0.15, -0.1) is 0 Å². The van der Waals surface area contributed by atoms with Gasteiger partial charge in [0.05, 0.1) is 18.2 Å². The SMILES string of the molecule is COc1ccc2ncc(C#N)c(-c3ccc4c(c3)CN(S(N)(=O)=O)CC4)c2c1. The highest BCUT2D eigenvalue weighted by atomic mass is 32.2. The Bertz CT molecular complexity index is 1230. The van der Waals surface area contributed by atoms with Crippen LogP contribution < -0.4 is 9.88 Å². The molecular formula is C20H18N4O3S. The molecular weight excluding hydrogens is 376 g/mol. The zero-order valence-electron chi connectivity index (χ0n) is 15.2. The van der Waals surface area contributed by atoms with Crippen LogP contribution in [0.4, 0.5) is 0 Å². The second-order valence-corrected chi connectivity index (χ2v) is 8.20. The fourth-order valence-corrected chi connectivity index (χ4v) is 4.26. The van der Waals surface area contributed by atoms with Crippen molar-refractivity contribution in [3.05, 3.63) is 59.3 Å². The molecule has 0 amide bonds.